The van der Waals surface area contributed by atoms with Crippen molar-refractivity contribution < 1.29 is 0 Å². The highest BCUT2D eigenvalue weighted by molar-refractivity contribution is 5.62. The molecule has 0 bridgehead atoms. The Labute approximate surface area is 131 Å². The number of rotatable bonds is 3. The Bertz CT molecular complexity index is 716. The molecule has 0 saturated heterocycles. The van der Waals surface area contributed by atoms with E-state index in [1.54, 1.807) is 0 Å². The van der Waals surface area contributed by atoms with Crippen molar-refractivity contribution in [2.45, 2.75) is 45.1 Å². The molecule has 0 radical (unpaired) electrons. The molecule has 0 spiro atoms. The maximum absolute atomic E-state index is 8.91. The van der Waals surface area contributed by atoms with Crippen molar-refractivity contribution in [2.75, 3.05) is 5.32 Å². The van der Waals surface area contributed by atoms with Crippen LogP contribution < -0.4 is 5.32 Å². The van der Waals surface area contributed by atoms with Crippen LogP contribution in [0, 0.1) is 11.3 Å². The van der Waals surface area contributed by atoms with E-state index in [0.717, 1.165) is 17.0 Å². The number of nitrogens with one attached hydrogen (secondary N) is 1. The van der Waals surface area contributed by atoms with E-state index in [1.807, 2.05) is 30.3 Å². The van der Waals surface area contributed by atoms with Crippen LogP contribution in [0.2, 0.25) is 0 Å². The minimum atomic E-state index is -0.0374. The molecule has 0 amide bonds. The van der Waals surface area contributed by atoms with E-state index in [2.05, 4.69) is 42.1 Å². The van der Waals surface area contributed by atoms with Gasteiger partial charge in [0.05, 0.1) is 23.0 Å². The summed E-state index contributed by atoms with van der Waals surface area (Å²) >= 11 is 0. The van der Waals surface area contributed by atoms with Gasteiger partial charge in [-0.15, -0.1) is 0 Å². The first kappa shape index (κ1) is 14.5. The van der Waals surface area contributed by atoms with E-state index in [-0.39, 0.29) is 5.41 Å². The van der Waals surface area contributed by atoms with Crippen molar-refractivity contribution in [3.05, 3.63) is 41.6 Å². The molecule has 112 valence electrons. The molecular formula is C18H20N4. The molecule has 1 aromatic carbocycles. The smallest absolute Gasteiger partial charge is 0.223 e. The van der Waals surface area contributed by atoms with Crippen molar-refractivity contribution >= 4 is 5.95 Å². The number of benzene rings is 1. The topological polar surface area (TPSA) is 61.6 Å². The highest BCUT2D eigenvalue weighted by Gasteiger charge is 2.24. The van der Waals surface area contributed by atoms with Crippen molar-refractivity contribution in [3.63, 3.8) is 0 Å². The van der Waals surface area contributed by atoms with Crippen LogP contribution in [-0.2, 0) is 5.41 Å². The third-order valence-electron chi connectivity index (χ3n) is 3.71. The Morgan fingerprint density at radius 2 is 1.82 bits per heavy atom. The predicted octanol–water partition coefficient (Wildman–Crippen LogP) is 3.89. The van der Waals surface area contributed by atoms with Crippen molar-refractivity contribution in [2.24, 2.45) is 0 Å². The lowest BCUT2D eigenvalue weighted by Gasteiger charge is -2.19. The maximum Gasteiger partial charge on any atom is 0.223 e. The molecule has 1 aromatic heterocycles. The van der Waals surface area contributed by atoms with Crippen molar-refractivity contribution in [3.8, 4) is 17.3 Å². The van der Waals surface area contributed by atoms with Crippen LogP contribution in [0.25, 0.3) is 11.3 Å². The lowest BCUT2D eigenvalue weighted by atomic mass is 9.91. The van der Waals surface area contributed by atoms with E-state index in [0.29, 0.717) is 17.6 Å². The Hall–Kier alpha value is -2.41. The number of anilines is 1. The van der Waals surface area contributed by atoms with Gasteiger partial charge in [0.1, 0.15) is 0 Å². The summed E-state index contributed by atoms with van der Waals surface area (Å²) in [7, 11) is 0. The first-order valence-electron chi connectivity index (χ1n) is 7.62. The summed E-state index contributed by atoms with van der Waals surface area (Å²) in [6.07, 6.45) is 2.38. The molecule has 1 fully saturated rings. The molecule has 0 aliphatic heterocycles. The van der Waals surface area contributed by atoms with Crippen LogP contribution in [-0.4, -0.2) is 16.0 Å². The Kier molecular flexibility index (Phi) is 3.58. The van der Waals surface area contributed by atoms with Gasteiger partial charge in [0, 0.05) is 17.0 Å². The van der Waals surface area contributed by atoms with Gasteiger partial charge in [-0.2, -0.15) is 5.26 Å². The summed E-state index contributed by atoms with van der Waals surface area (Å²) < 4.78 is 0. The summed E-state index contributed by atoms with van der Waals surface area (Å²) in [6.45, 7) is 6.45. The molecule has 2 aromatic rings. The molecule has 1 aliphatic rings. The van der Waals surface area contributed by atoms with Gasteiger partial charge in [0.15, 0.2) is 0 Å². The molecule has 1 aliphatic carbocycles. The van der Waals surface area contributed by atoms with E-state index < -0.39 is 0 Å². The fraction of sp³-hybridized carbons (Fsp3) is 0.389. The zero-order valence-electron chi connectivity index (χ0n) is 13.2. The van der Waals surface area contributed by atoms with E-state index in [9.17, 15) is 0 Å². The number of hydrogen-bond donors (Lipinski definition) is 1. The Balaban J connectivity index is 2.02. The SMILES string of the molecule is CC(C)(C)c1cc(-c2ccc(C#N)cc2)nc(NC2CC2)n1. The van der Waals surface area contributed by atoms with Crippen molar-refractivity contribution in [1.29, 1.82) is 5.26 Å². The van der Waals surface area contributed by atoms with Crippen LogP contribution in [0.1, 0.15) is 44.9 Å². The highest BCUT2D eigenvalue weighted by Crippen LogP contribution is 2.29. The van der Waals surface area contributed by atoms with Gasteiger partial charge >= 0.3 is 0 Å². The summed E-state index contributed by atoms with van der Waals surface area (Å²) in [6, 6.07) is 12.2. The second kappa shape index (κ2) is 5.42. The molecule has 3 rings (SSSR count). The van der Waals surface area contributed by atoms with Gasteiger partial charge < -0.3 is 5.32 Å². The molecule has 4 nitrogen and oxygen atoms in total. The monoisotopic (exact) mass is 292 g/mol. The molecule has 1 N–H and O–H groups in total. The summed E-state index contributed by atoms with van der Waals surface area (Å²) in [5.74, 6) is 0.703. The van der Waals surface area contributed by atoms with Crippen molar-refractivity contribution in [1.82, 2.24) is 9.97 Å². The minimum absolute atomic E-state index is 0.0374. The Morgan fingerprint density at radius 3 is 2.36 bits per heavy atom. The number of hydrogen-bond acceptors (Lipinski definition) is 4. The molecule has 0 unspecified atom stereocenters. The average Bonchev–Trinajstić information content (AvgIpc) is 3.30. The molecular weight excluding hydrogens is 272 g/mol. The number of nitriles is 1. The van der Waals surface area contributed by atoms with Gasteiger partial charge in [-0.3, -0.25) is 0 Å². The third-order valence-corrected chi connectivity index (χ3v) is 3.71. The molecule has 22 heavy (non-hydrogen) atoms. The standard InChI is InChI=1S/C18H20N4/c1-18(2,3)16-10-15(13-6-4-12(11-19)5-7-13)21-17(22-16)20-14-8-9-14/h4-7,10,14H,8-9H2,1-3H3,(H,20,21,22). The van der Waals surface area contributed by atoms with Gasteiger partial charge in [0.25, 0.3) is 0 Å². The van der Waals surface area contributed by atoms with E-state index in [1.165, 1.54) is 12.8 Å². The average molecular weight is 292 g/mol. The van der Waals surface area contributed by atoms with Crippen LogP contribution in [0.4, 0.5) is 5.95 Å². The fourth-order valence-corrected chi connectivity index (χ4v) is 2.17. The molecule has 0 atom stereocenters. The largest absolute Gasteiger partial charge is 0.351 e. The predicted molar refractivity (Wildman–Crippen MR) is 87.5 cm³/mol. The van der Waals surface area contributed by atoms with Gasteiger partial charge in [-0.1, -0.05) is 32.9 Å². The quantitative estimate of drug-likeness (QED) is 0.932. The highest BCUT2D eigenvalue weighted by atomic mass is 15.1. The molecule has 1 heterocycles. The molecule has 1 saturated carbocycles. The van der Waals surface area contributed by atoms with Gasteiger partial charge in [0.2, 0.25) is 5.95 Å². The Morgan fingerprint density at radius 1 is 1.14 bits per heavy atom. The summed E-state index contributed by atoms with van der Waals surface area (Å²) in [5.41, 5.74) is 3.54. The van der Waals surface area contributed by atoms with Crippen LogP contribution >= 0.6 is 0 Å². The lowest BCUT2D eigenvalue weighted by Crippen LogP contribution is -2.16. The fourth-order valence-electron chi connectivity index (χ4n) is 2.17. The van der Waals surface area contributed by atoms with Crippen LogP contribution in [0.5, 0.6) is 0 Å². The van der Waals surface area contributed by atoms with Crippen LogP contribution in [0.15, 0.2) is 30.3 Å². The number of aromatic nitrogens is 2. The second-order valence-electron chi connectivity index (χ2n) is 6.82. The number of nitrogens with zero attached hydrogens (tertiary/aromatic N) is 3. The second-order valence-corrected chi connectivity index (χ2v) is 6.82. The van der Waals surface area contributed by atoms with Crippen LogP contribution in [0.3, 0.4) is 0 Å². The molecule has 4 heteroatoms. The lowest BCUT2D eigenvalue weighted by molar-refractivity contribution is 0.568. The zero-order chi connectivity index (χ0) is 15.7. The van der Waals surface area contributed by atoms with Gasteiger partial charge in [-0.25, -0.2) is 9.97 Å². The van der Waals surface area contributed by atoms with E-state index >= 15 is 0 Å². The third kappa shape index (κ3) is 3.25. The maximum atomic E-state index is 8.91. The van der Waals surface area contributed by atoms with Gasteiger partial charge in [-0.05, 0) is 31.0 Å². The summed E-state index contributed by atoms with van der Waals surface area (Å²) in [5, 5.41) is 12.3. The normalized spacial score (nSPS) is 14.5. The van der Waals surface area contributed by atoms with E-state index in [4.69, 9.17) is 5.26 Å². The first-order valence-corrected chi connectivity index (χ1v) is 7.62. The first-order chi connectivity index (χ1) is 10.5. The zero-order valence-corrected chi connectivity index (χ0v) is 13.2. The minimum Gasteiger partial charge on any atom is -0.351 e. The summed E-state index contributed by atoms with van der Waals surface area (Å²) in [4.78, 5) is 9.32.